The molecule has 0 aromatic carbocycles. The van der Waals surface area contributed by atoms with Crippen molar-refractivity contribution in [1.82, 2.24) is 15.1 Å². The van der Waals surface area contributed by atoms with Crippen LogP contribution in [0.25, 0.3) is 0 Å². The Kier molecular flexibility index (Phi) is 5.23. The molecule has 4 nitrogen and oxygen atoms in total. The molecule has 0 amide bonds. The summed E-state index contributed by atoms with van der Waals surface area (Å²) in [4.78, 5) is 4.90. The molecule has 0 bridgehead atoms. The summed E-state index contributed by atoms with van der Waals surface area (Å²) < 4.78 is 5.29. The van der Waals surface area contributed by atoms with Crippen molar-refractivity contribution in [2.24, 2.45) is 0 Å². The monoisotopic (exact) mass is 251 g/mol. The maximum Gasteiger partial charge on any atom is 0.117 e. The molecule has 4 heteroatoms. The van der Waals surface area contributed by atoms with Crippen LogP contribution in [0.3, 0.4) is 0 Å². The summed E-state index contributed by atoms with van der Waals surface area (Å²) >= 11 is 0. The minimum Gasteiger partial charge on any atom is -0.468 e. The topological polar surface area (TPSA) is 31.6 Å². The fourth-order valence-corrected chi connectivity index (χ4v) is 2.50. The lowest BCUT2D eigenvalue weighted by atomic mass is 10.0. The summed E-state index contributed by atoms with van der Waals surface area (Å²) in [6, 6.07) is 4.70. The third-order valence-electron chi connectivity index (χ3n) is 3.83. The van der Waals surface area contributed by atoms with Crippen LogP contribution in [0, 0.1) is 0 Å². The van der Waals surface area contributed by atoms with Crippen LogP contribution in [0.2, 0.25) is 0 Å². The molecule has 1 saturated heterocycles. The molecule has 18 heavy (non-hydrogen) atoms. The van der Waals surface area contributed by atoms with Crippen LogP contribution < -0.4 is 5.32 Å². The zero-order chi connectivity index (χ0) is 12.8. The Morgan fingerprint density at radius 1 is 1.44 bits per heavy atom. The molecule has 1 fully saturated rings. The molecule has 1 N–H and O–H groups in total. The normalized spacial score (nSPS) is 18.6. The molecule has 0 aliphatic carbocycles. The van der Waals surface area contributed by atoms with Gasteiger partial charge in [-0.1, -0.05) is 0 Å². The first-order chi connectivity index (χ1) is 8.75. The number of likely N-dealkylation sites (tertiary alicyclic amines) is 1. The van der Waals surface area contributed by atoms with Gasteiger partial charge < -0.3 is 19.5 Å². The highest BCUT2D eigenvalue weighted by Crippen LogP contribution is 2.13. The Bertz CT molecular complexity index is 318. The number of rotatable bonds is 6. The Hall–Kier alpha value is -0.840. The van der Waals surface area contributed by atoms with E-state index < -0.39 is 0 Å². The van der Waals surface area contributed by atoms with E-state index in [-0.39, 0.29) is 0 Å². The van der Waals surface area contributed by atoms with Crippen molar-refractivity contribution >= 4 is 0 Å². The highest BCUT2D eigenvalue weighted by molar-refractivity contribution is 4.97. The smallest absolute Gasteiger partial charge is 0.117 e. The molecule has 102 valence electrons. The van der Waals surface area contributed by atoms with Crippen LogP contribution >= 0.6 is 0 Å². The van der Waals surface area contributed by atoms with Crippen molar-refractivity contribution in [3.8, 4) is 0 Å². The van der Waals surface area contributed by atoms with E-state index in [0.29, 0.717) is 0 Å². The number of piperidine rings is 1. The van der Waals surface area contributed by atoms with Gasteiger partial charge in [0.05, 0.1) is 12.8 Å². The Morgan fingerprint density at radius 2 is 2.22 bits per heavy atom. The van der Waals surface area contributed by atoms with E-state index in [9.17, 15) is 0 Å². The molecule has 1 aliphatic heterocycles. The lowest BCUT2D eigenvalue weighted by Crippen LogP contribution is -2.43. The third-order valence-corrected chi connectivity index (χ3v) is 3.83. The molecule has 0 unspecified atom stereocenters. The van der Waals surface area contributed by atoms with Crippen molar-refractivity contribution in [3.63, 3.8) is 0 Å². The minimum atomic E-state index is 0.756. The molecule has 2 heterocycles. The molecule has 0 atom stereocenters. The van der Waals surface area contributed by atoms with Gasteiger partial charge in [0.1, 0.15) is 5.76 Å². The number of likely N-dealkylation sites (N-methyl/N-ethyl adjacent to an activating group) is 1. The molecule has 0 radical (unpaired) electrons. The minimum absolute atomic E-state index is 0.756. The number of hydrogen-bond acceptors (Lipinski definition) is 4. The number of nitrogens with one attached hydrogen (secondary N) is 1. The van der Waals surface area contributed by atoms with Crippen LogP contribution in [-0.4, -0.2) is 56.1 Å². The van der Waals surface area contributed by atoms with E-state index in [0.717, 1.165) is 31.4 Å². The van der Waals surface area contributed by atoms with Gasteiger partial charge in [-0.15, -0.1) is 0 Å². The zero-order valence-electron chi connectivity index (χ0n) is 11.6. The summed E-state index contributed by atoms with van der Waals surface area (Å²) in [6.07, 6.45) is 4.32. The highest BCUT2D eigenvalue weighted by atomic mass is 16.3. The van der Waals surface area contributed by atoms with Crippen molar-refractivity contribution in [1.29, 1.82) is 0 Å². The van der Waals surface area contributed by atoms with Gasteiger partial charge in [0.25, 0.3) is 0 Å². The molecular formula is C14H25N3O. The van der Waals surface area contributed by atoms with E-state index in [1.165, 1.54) is 25.9 Å². The second-order valence-corrected chi connectivity index (χ2v) is 5.27. The summed E-state index contributed by atoms with van der Waals surface area (Å²) in [5.41, 5.74) is 0. The first-order valence-electron chi connectivity index (χ1n) is 6.87. The first-order valence-corrected chi connectivity index (χ1v) is 6.87. The lowest BCUT2D eigenvalue weighted by Gasteiger charge is -2.35. The largest absolute Gasteiger partial charge is 0.468 e. The van der Waals surface area contributed by atoms with Gasteiger partial charge in [-0.2, -0.15) is 0 Å². The van der Waals surface area contributed by atoms with E-state index in [2.05, 4.69) is 29.2 Å². The Balaban J connectivity index is 1.58. The van der Waals surface area contributed by atoms with Crippen molar-refractivity contribution in [3.05, 3.63) is 24.2 Å². The summed E-state index contributed by atoms with van der Waals surface area (Å²) in [6.45, 7) is 5.41. The Morgan fingerprint density at radius 3 is 2.89 bits per heavy atom. The van der Waals surface area contributed by atoms with Gasteiger partial charge >= 0.3 is 0 Å². The van der Waals surface area contributed by atoms with E-state index >= 15 is 0 Å². The fourth-order valence-electron chi connectivity index (χ4n) is 2.50. The lowest BCUT2D eigenvalue weighted by molar-refractivity contribution is 0.145. The summed E-state index contributed by atoms with van der Waals surface area (Å²) in [7, 11) is 4.45. The van der Waals surface area contributed by atoms with Crippen LogP contribution in [0.5, 0.6) is 0 Å². The van der Waals surface area contributed by atoms with Gasteiger partial charge in [0, 0.05) is 19.1 Å². The molecule has 1 aromatic heterocycles. The first kappa shape index (κ1) is 13.6. The maximum atomic E-state index is 5.29. The number of furan rings is 1. The third kappa shape index (κ3) is 4.12. The van der Waals surface area contributed by atoms with Crippen LogP contribution in [-0.2, 0) is 6.54 Å². The van der Waals surface area contributed by atoms with Crippen LogP contribution in [0.15, 0.2) is 22.8 Å². The molecule has 0 spiro atoms. The summed E-state index contributed by atoms with van der Waals surface area (Å²) in [5, 5.41) is 3.42. The van der Waals surface area contributed by atoms with Gasteiger partial charge in [-0.3, -0.25) is 0 Å². The van der Waals surface area contributed by atoms with Crippen molar-refractivity contribution < 1.29 is 4.42 Å². The maximum absolute atomic E-state index is 5.29. The SMILES string of the molecule is CN1CCC(N(C)CCNCc2ccco2)CC1. The number of hydrogen-bond donors (Lipinski definition) is 1. The van der Waals surface area contributed by atoms with E-state index in [4.69, 9.17) is 4.42 Å². The van der Waals surface area contributed by atoms with Crippen LogP contribution in [0.1, 0.15) is 18.6 Å². The molecule has 1 aromatic rings. The van der Waals surface area contributed by atoms with E-state index in [1.807, 2.05) is 12.1 Å². The van der Waals surface area contributed by atoms with Gasteiger partial charge in [-0.05, 0) is 52.2 Å². The second kappa shape index (κ2) is 6.92. The Labute approximate surface area is 110 Å². The standard InChI is InChI=1S/C14H25N3O/c1-16-8-5-13(6-9-16)17(2)10-7-15-12-14-4-3-11-18-14/h3-4,11,13,15H,5-10,12H2,1-2H3. The van der Waals surface area contributed by atoms with Crippen molar-refractivity contribution in [2.45, 2.75) is 25.4 Å². The molecular weight excluding hydrogens is 226 g/mol. The van der Waals surface area contributed by atoms with Gasteiger partial charge in [0.2, 0.25) is 0 Å². The fraction of sp³-hybridized carbons (Fsp3) is 0.714. The second-order valence-electron chi connectivity index (χ2n) is 5.27. The average molecular weight is 251 g/mol. The van der Waals surface area contributed by atoms with Gasteiger partial charge in [-0.25, -0.2) is 0 Å². The molecule has 1 aliphatic rings. The highest BCUT2D eigenvalue weighted by Gasteiger charge is 2.19. The summed E-state index contributed by atoms with van der Waals surface area (Å²) in [5.74, 6) is 1.01. The molecule has 0 saturated carbocycles. The van der Waals surface area contributed by atoms with Crippen molar-refractivity contribution in [2.75, 3.05) is 40.3 Å². The predicted molar refractivity (Wildman–Crippen MR) is 73.6 cm³/mol. The number of nitrogens with zero attached hydrogens (tertiary/aromatic N) is 2. The quantitative estimate of drug-likeness (QED) is 0.774. The van der Waals surface area contributed by atoms with E-state index in [1.54, 1.807) is 6.26 Å². The molecule has 2 rings (SSSR count). The van der Waals surface area contributed by atoms with Crippen LogP contribution in [0.4, 0.5) is 0 Å². The average Bonchev–Trinajstić information content (AvgIpc) is 2.88. The van der Waals surface area contributed by atoms with Gasteiger partial charge in [0.15, 0.2) is 0 Å². The zero-order valence-corrected chi connectivity index (χ0v) is 11.6. The predicted octanol–water partition coefficient (Wildman–Crippen LogP) is 1.40.